The maximum absolute atomic E-state index is 15.3. The predicted molar refractivity (Wildman–Crippen MR) is 190 cm³/mol. The van der Waals surface area contributed by atoms with Gasteiger partial charge in [-0.15, -0.1) is 0 Å². The van der Waals surface area contributed by atoms with Crippen molar-refractivity contribution in [3.05, 3.63) is 30.0 Å². The number of hydrogen-bond donors (Lipinski definition) is 2. The number of ketones is 1. The maximum atomic E-state index is 15.3. The Kier molecular flexibility index (Phi) is 10.8. The van der Waals surface area contributed by atoms with Crippen LogP contribution in [0.3, 0.4) is 0 Å². The van der Waals surface area contributed by atoms with Crippen LogP contribution in [0.25, 0.3) is 11.0 Å². The minimum absolute atomic E-state index is 0.0136. The van der Waals surface area contributed by atoms with E-state index in [9.17, 15) is 27.6 Å². The SMILES string of the molecule is CCc1nc2ccccc2nc1O[C@@H]1C[C@H]2C(=O)C[C@]3(C(=O)NS(=O)(=O)C4CC4)C[C@H]3CC(F)(F)CCCCC[C@H](NC(=O)OC(C)(C)C)C(=O)N2C1. The van der Waals surface area contributed by atoms with Crippen molar-refractivity contribution in [1.82, 2.24) is 24.9 Å². The molecule has 4 aliphatic rings. The third-order valence-corrected chi connectivity index (χ3v) is 12.4. The summed E-state index contributed by atoms with van der Waals surface area (Å²) in [7, 11) is -4.03. The number of nitrogens with one attached hydrogen (secondary N) is 2. The third-order valence-electron chi connectivity index (χ3n) is 10.6. The van der Waals surface area contributed by atoms with Crippen molar-refractivity contribution in [1.29, 1.82) is 0 Å². The van der Waals surface area contributed by atoms with Crippen LogP contribution in [0, 0.1) is 11.3 Å². The monoisotopic (exact) mass is 761 g/mol. The van der Waals surface area contributed by atoms with Crippen LogP contribution in [-0.4, -0.2) is 88.5 Å². The first-order valence-corrected chi connectivity index (χ1v) is 20.1. The van der Waals surface area contributed by atoms with Gasteiger partial charge in [-0.2, -0.15) is 0 Å². The fourth-order valence-corrected chi connectivity index (χ4v) is 8.94. The zero-order valence-electron chi connectivity index (χ0n) is 30.7. The number of Topliss-reactive ketones (excluding diaryl/α,β-unsaturated/α-hetero) is 1. The number of carbonyl (C=O) groups is 4. The molecule has 6 rings (SSSR count). The topological polar surface area (TPSA) is 174 Å². The number of rotatable bonds is 7. The molecule has 2 saturated carbocycles. The second-order valence-corrected chi connectivity index (χ2v) is 18.0. The molecule has 290 valence electrons. The van der Waals surface area contributed by atoms with E-state index in [4.69, 9.17) is 9.47 Å². The molecule has 3 heterocycles. The van der Waals surface area contributed by atoms with E-state index in [2.05, 4.69) is 20.0 Å². The summed E-state index contributed by atoms with van der Waals surface area (Å²) in [6, 6.07) is 4.97. The molecule has 0 bridgehead atoms. The number of hydrogen-bond acceptors (Lipinski definition) is 10. The van der Waals surface area contributed by atoms with Crippen LogP contribution in [0.1, 0.15) is 104 Å². The normalized spacial score (nSPS) is 28.2. The van der Waals surface area contributed by atoms with E-state index in [1.54, 1.807) is 26.8 Å². The summed E-state index contributed by atoms with van der Waals surface area (Å²) in [5.41, 5.74) is -0.709. The van der Waals surface area contributed by atoms with Gasteiger partial charge in [-0.05, 0) is 77.3 Å². The highest BCUT2D eigenvalue weighted by molar-refractivity contribution is 7.90. The number of aromatic nitrogens is 2. The lowest BCUT2D eigenvalue weighted by atomic mass is 9.89. The Balaban J connectivity index is 1.33. The van der Waals surface area contributed by atoms with Gasteiger partial charge in [0.2, 0.25) is 33.6 Å². The molecule has 53 heavy (non-hydrogen) atoms. The van der Waals surface area contributed by atoms with Crippen LogP contribution in [-0.2, 0) is 35.6 Å². The van der Waals surface area contributed by atoms with Gasteiger partial charge in [0.15, 0.2) is 5.78 Å². The predicted octanol–water partition coefficient (Wildman–Crippen LogP) is 5.00. The Bertz CT molecular complexity index is 1870. The summed E-state index contributed by atoms with van der Waals surface area (Å²) < 4.78 is 70.2. The van der Waals surface area contributed by atoms with Crippen molar-refractivity contribution in [3.8, 4) is 5.88 Å². The van der Waals surface area contributed by atoms with E-state index in [0.717, 1.165) is 0 Å². The number of benzene rings is 1. The highest BCUT2D eigenvalue weighted by atomic mass is 32.2. The van der Waals surface area contributed by atoms with Gasteiger partial charge in [-0.1, -0.05) is 31.9 Å². The van der Waals surface area contributed by atoms with Gasteiger partial charge in [0.05, 0.1) is 34.3 Å². The lowest BCUT2D eigenvalue weighted by Crippen LogP contribution is -2.53. The van der Waals surface area contributed by atoms with Gasteiger partial charge in [0.1, 0.15) is 23.4 Å². The van der Waals surface area contributed by atoms with Crippen LogP contribution < -0.4 is 14.8 Å². The maximum Gasteiger partial charge on any atom is 0.408 e. The highest BCUT2D eigenvalue weighted by Gasteiger charge is 2.64. The summed E-state index contributed by atoms with van der Waals surface area (Å²) >= 11 is 0. The Morgan fingerprint density at radius 3 is 2.38 bits per heavy atom. The second kappa shape index (κ2) is 14.7. The molecule has 2 aliphatic heterocycles. The van der Waals surface area contributed by atoms with Crippen molar-refractivity contribution in [2.45, 2.75) is 140 Å². The van der Waals surface area contributed by atoms with E-state index in [0.29, 0.717) is 48.8 Å². The first-order chi connectivity index (χ1) is 24.9. The molecule has 0 unspecified atom stereocenters. The van der Waals surface area contributed by atoms with Crippen LogP contribution >= 0.6 is 0 Å². The number of para-hydroxylation sites is 2. The summed E-state index contributed by atoms with van der Waals surface area (Å²) in [4.78, 5) is 66.2. The lowest BCUT2D eigenvalue weighted by molar-refractivity contribution is -0.140. The van der Waals surface area contributed by atoms with Crippen LogP contribution in [0.2, 0.25) is 0 Å². The minimum Gasteiger partial charge on any atom is -0.471 e. The average molecular weight is 762 g/mol. The fourth-order valence-electron chi connectivity index (χ4n) is 7.56. The second-order valence-electron chi connectivity index (χ2n) is 16.0. The smallest absolute Gasteiger partial charge is 0.408 e. The Morgan fingerprint density at radius 2 is 1.72 bits per heavy atom. The highest BCUT2D eigenvalue weighted by Crippen LogP contribution is 2.60. The molecule has 5 atom stereocenters. The number of aryl methyl sites for hydroxylation is 1. The molecular formula is C37H49F2N5O8S. The molecule has 3 amide bonds. The van der Waals surface area contributed by atoms with Crippen molar-refractivity contribution in [2.24, 2.45) is 11.3 Å². The van der Waals surface area contributed by atoms with Gasteiger partial charge < -0.3 is 19.7 Å². The summed E-state index contributed by atoms with van der Waals surface area (Å²) in [5.74, 6) is -5.97. The fraction of sp³-hybridized carbons (Fsp3) is 0.676. The van der Waals surface area contributed by atoms with Crippen LogP contribution in [0.4, 0.5) is 13.6 Å². The molecule has 2 saturated heterocycles. The molecule has 13 nitrogen and oxygen atoms in total. The zero-order valence-corrected chi connectivity index (χ0v) is 31.5. The van der Waals surface area contributed by atoms with E-state index >= 15 is 8.78 Å². The van der Waals surface area contributed by atoms with Gasteiger partial charge in [-0.3, -0.25) is 19.1 Å². The molecule has 2 aliphatic carbocycles. The van der Waals surface area contributed by atoms with Gasteiger partial charge >= 0.3 is 6.09 Å². The van der Waals surface area contributed by atoms with Crippen LogP contribution in [0.5, 0.6) is 5.88 Å². The number of alkyl carbamates (subject to hydrolysis) is 1. The van der Waals surface area contributed by atoms with E-state index in [1.807, 2.05) is 25.1 Å². The van der Waals surface area contributed by atoms with Crippen molar-refractivity contribution >= 4 is 44.7 Å². The minimum atomic E-state index is -4.03. The largest absolute Gasteiger partial charge is 0.471 e. The van der Waals surface area contributed by atoms with Crippen molar-refractivity contribution in [3.63, 3.8) is 0 Å². The molecule has 16 heteroatoms. The summed E-state index contributed by atoms with van der Waals surface area (Å²) in [6.07, 6.45) is -1.23. The molecule has 4 fully saturated rings. The van der Waals surface area contributed by atoms with Gasteiger partial charge in [-0.25, -0.2) is 32.0 Å². The zero-order chi connectivity index (χ0) is 38.3. The number of sulfonamides is 1. The quantitative estimate of drug-likeness (QED) is 0.391. The van der Waals surface area contributed by atoms with Crippen molar-refractivity contribution < 1.29 is 45.9 Å². The standard InChI is InChI=1S/C37H49F2N5O8S/c1-5-25-31(41-27-12-9-8-11-26(27)40-25)51-23-17-29-30(45)20-36(33(47)43-53(49,50)24-14-15-24)18-22(36)19-37(38,39)16-10-6-7-13-28(32(46)44(29)21-23)42-34(48)52-35(2,3)4/h8-9,11-12,22-24,28-29H,5-7,10,13-21H2,1-4H3,(H,42,48)(H,43,47)/t22-,23+,28-,29-,36+/m0/s1. The first-order valence-electron chi connectivity index (χ1n) is 18.6. The number of nitrogens with zero attached hydrogens (tertiary/aromatic N) is 3. The number of halogens is 2. The molecule has 1 aromatic carbocycles. The number of ether oxygens (including phenoxy) is 2. The molecule has 2 aromatic rings. The summed E-state index contributed by atoms with van der Waals surface area (Å²) in [5, 5.41) is 1.91. The van der Waals surface area contributed by atoms with Gasteiger partial charge in [0, 0.05) is 25.7 Å². The molecule has 0 spiro atoms. The summed E-state index contributed by atoms with van der Waals surface area (Å²) in [6.45, 7) is 6.85. The average Bonchev–Trinajstić information content (AvgIpc) is 3.99. The number of amides is 3. The molecule has 1 aromatic heterocycles. The number of fused-ring (bicyclic) bond motifs is 3. The van der Waals surface area contributed by atoms with Crippen LogP contribution in [0.15, 0.2) is 24.3 Å². The van der Waals surface area contributed by atoms with E-state index < -0.39 is 99.3 Å². The third kappa shape index (κ3) is 9.06. The molecular weight excluding hydrogens is 712 g/mol. The van der Waals surface area contributed by atoms with Gasteiger partial charge in [0.25, 0.3) is 0 Å². The first kappa shape index (κ1) is 38.8. The Morgan fingerprint density at radius 1 is 1.02 bits per heavy atom. The van der Waals surface area contributed by atoms with E-state index in [1.165, 1.54) is 4.90 Å². The number of alkyl halides is 2. The Labute approximate surface area is 308 Å². The lowest BCUT2D eigenvalue weighted by Gasteiger charge is -2.30. The van der Waals surface area contributed by atoms with E-state index in [-0.39, 0.29) is 38.1 Å². The van der Waals surface area contributed by atoms with Crippen molar-refractivity contribution in [2.75, 3.05) is 6.54 Å². The molecule has 2 N–H and O–H groups in total. The molecule has 0 radical (unpaired) electrons. The number of carbonyl (C=O) groups excluding carboxylic acids is 4. The Hall–Kier alpha value is -3.95.